The number of para-hydroxylation sites is 1. The molecule has 2 heterocycles. The van der Waals surface area contributed by atoms with E-state index in [0.29, 0.717) is 18.7 Å². The molecule has 2 aromatic carbocycles. The van der Waals surface area contributed by atoms with E-state index in [4.69, 9.17) is 4.74 Å². The van der Waals surface area contributed by atoms with Crippen LogP contribution in [-0.4, -0.2) is 35.2 Å². The summed E-state index contributed by atoms with van der Waals surface area (Å²) < 4.78 is 19.7. The molecular formula is C24H26FN3O3. The second kappa shape index (κ2) is 9.31. The van der Waals surface area contributed by atoms with Crippen molar-refractivity contribution in [1.82, 2.24) is 9.88 Å². The molecule has 0 bridgehead atoms. The summed E-state index contributed by atoms with van der Waals surface area (Å²) >= 11 is 0. The minimum absolute atomic E-state index is 0.0990. The lowest BCUT2D eigenvalue weighted by Crippen LogP contribution is -2.41. The molecule has 0 aliphatic carbocycles. The molecular weight excluding hydrogens is 397 g/mol. The standard InChI is InChI=1S/C24H26FN3O3/c1-2-16-9-10-21-17(12-16)13-18(23(29)26-21)14-28(15-19-6-5-11-31-19)24(30)27-22-8-4-3-7-20(22)25/h3-4,7-10,12-13,19H,2,5-6,11,14-15H2,1H3,(H,26,29)(H,27,30). The first kappa shape index (κ1) is 21.1. The summed E-state index contributed by atoms with van der Waals surface area (Å²) in [4.78, 5) is 30.1. The third-order valence-electron chi connectivity index (χ3n) is 5.61. The molecule has 0 spiro atoms. The Kier molecular flexibility index (Phi) is 6.32. The molecule has 1 unspecified atom stereocenters. The Labute approximate surface area is 180 Å². The molecule has 162 valence electrons. The van der Waals surface area contributed by atoms with Crippen LogP contribution in [0.5, 0.6) is 0 Å². The maximum Gasteiger partial charge on any atom is 0.322 e. The van der Waals surface area contributed by atoms with Gasteiger partial charge in [0.05, 0.1) is 18.3 Å². The number of anilines is 1. The molecule has 1 fully saturated rings. The predicted molar refractivity (Wildman–Crippen MR) is 119 cm³/mol. The maximum absolute atomic E-state index is 14.0. The summed E-state index contributed by atoms with van der Waals surface area (Å²) in [5.41, 5.74) is 2.26. The van der Waals surface area contributed by atoms with Gasteiger partial charge in [0.15, 0.2) is 0 Å². The summed E-state index contributed by atoms with van der Waals surface area (Å²) in [5, 5.41) is 3.54. The van der Waals surface area contributed by atoms with E-state index in [0.717, 1.165) is 30.2 Å². The van der Waals surface area contributed by atoms with Crippen LogP contribution in [-0.2, 0) is 17.7 Å². The van der Waals surface area contributed by atoms with Gasteiger partial charge in [-0.15, -0.1) is 0 Å². The van der Waals surface area contributed by atoms with Gasteiger partial charge in [0.1, 0.15) is 5.82 Å². The van der Waals surface area contributed by atoms with E-state index in [1.807, 2.05) is 24.3 Å². The predicted octanol–water partition coefficient (Wildman–Crippen LogP) is 4.44. The topological polar surface area (TPSA) is 74.4 Å². The van der Waals surface area contributed by atoms with E-state index in [1.54, 1.807) is 12.1 Å². The molecule has 1 aliphatic rings. The molecule has 1 aliphatic heterocycles. The molecule has 2 amide bonds. The van der Waals surface area contributed by atoms with E-state index >= 15 is 0 Å². The summed E-state index contributed by atoms with van der Waals surface area (Å²) in [6, 6.07) is 13.3. The van der Waals surface area contributed by atoms with Gasteiger partial charge >= 0.3 is 6.03 Å². The lowest BCUT2D eigenvalue weighted by molar-refractivity contribution is 0.0818. The number of fused-ring (bicyclic) bond motifs is 1. The number of H-pyrrole nitrogens is 1. The molecule has 31 heavy (non-hydrogen) atoms. The SMILES string of the molecule is CCc1ccc2[nH]c(=O)c(CN(CC3CCCO3)C(=O)Nc3ccccc3F)cc2c1. The largest absolute Gasteiger partial charge is 0.376 e. The number of pyridine rings is 1. The van der Waals surface area contributed by atoms with Gasteiger partial charge in [0.25, 0.3) is 5.56 Å². The Balaban J connectivity index is 1.62. The fourth-order valence-electron chi connectivity index (χ4n) is 3.85. The zero-order chi connectivity index (χ0) is 21.8. The number of hydrogen-bond acceptors (Lipinski definition) is 3. The van der Waals surface area contributed by atoms with Crippen molar-refractivity contribution in [2.75, 3.05) is 18.5 Å². The van der Waals surface area contributed by atoms with Crippen LogP contribution in [0.15, 0.2) is 53.3 Å². The number of hydrogen-bond donors (Lipinski definition) is 2. The zero-order valence-corrected chi connectivity index (χ0v) is 17.5. The molecule has 2 N–H and O–H groups in total. The molecule has 0 saturated carbocycles. The van der Waals surface area contributed by atoms with Crippen molar-refractivity contribution in [3.63, 3.8) is 0 Å². The first-order valence-electron chi connectivity index (χ1n) is 10.6. The molecule has 1 aromatic heterocycles. The zero-order valence-electron chi connectivity index (χ0n) is 17.5. The molecule has 1 saturated heterocycles. The van der Waals surface area contributed by atoms with Crippen LogP contribution in [0.3, 0.4) is 0 Å². The van der Waals surface area contributed by atoms with Gasteiger partial charge in [-0.05, 0) is 60.5 Å². The number of carbonyl (C=O) groups is 1. The lowest BCUT2D eigenvalue weighted by atomic mass is 10.1. The van der Waals surface area contributed by atoms with Crippen LogP contribution < -0.4 is 10.9 Å². The third-order valence-corrected chi connectivity index (χ3v) is 5.61. The highest BCUT2D eigenvalue weighted by atomic mass is 19.1. The quantitative estimate of drug-likeness (QED) is 0.615. The Morgan fingerprint density at radius 3 is 2.84 bits per heavy atom. The van der Waals surface area contributed by atoms with Gasteiger partial charge in [-0.25, -0.2) is 9.18 Å². The number of benzene rings is 2. The van der Waals surface area contributed by atoms with Crippen LogP contribution in [0.2, 0.25) is 0 Å². The highest BCUT2D eigenvalue weighted by Gasteiger charge is 2.24. The average molecular weight is 423 g/mol. The fraction of sp³-hybridized carbons (Fsp3) is 0.333. The monoisotopic (exact) mass is 423 g/mol. The van der Waals surface area contributed by atoms with Crippen LogP contribution in [0.25, 0.3) is 10.9 Å². The van der Waals surface area contributed by atoms with Crippen molar-refractivity contribution in [3.05, 3.63) is 75.8 Å². The number of aryl methyl sites for hydroxylation is 1. The van der Waals surface area contributed by atoms with E-state index < -0.39 is 11.8 Å². The molecule has 7 heteroatoms. The highest BCUT2D eigenvalue weighted by molar-refractivity contribution is 5.89. The van der Waals surface area contributed by atoms with E-state index in [-0.39, 0.29) is 23.9 Å². The number of nitrogens with zero attached hydrogens (tertiary/aromatic N) is 1. The van der Waals surface area contributed by atoms with Crippen molar-refractivity contribution in [2.45, 2.75) is 38.8 Å². The summed E-state index contributed by atoms with van der Waals surface area (Å²) in [6.07, 6.45) is 2.57. The summed E-state index contributed by atoms with van der Waals surface area (Å²) in [5.74, 6) is -0.511. The van der Waals surface area contributed by atoms with Gasteiger partial charge in [0.2, 0.25) is 0 Å². The van der Waals surface area contributed by atoms with E-state index in [9.17, 15) is 14.0 Å². The number of halogens is 1. The number of amides is 2. The number of urea groups is 1. The Morgan fingerprint density at radius 1 is 1.26 bits per heavy atom. The van der Waals surface area contributed by atoms with Crippen LogP contribution in [0.1, 0.15) is 30.9 Å². The van der Waals surface area contributed by atoms with Crippen molar-refractivity contribution < 1.29 is 13.9 Å². The van der Waals surface area contributed by atoms with Crippen molar-refractivity contribution >= 4 is 22.6 Å². The van der Waals surface area contributed by atoms with E-state index in [1.165, 1.54) is 22.6 Å². The van der Waals surface area contributed by atoms with Gasteiger partial charge < -0.3 is 19.9 Å². The highest BCUT2D eigenvalue weighted by Crippen LogP contribution is 2.19. The molecule has 1 atom stereocenters. The minimum Gasteiger partial charge on any atom is -0.376 e. The number of nitrogens with one attached hydrogen (secondary N) is 2. The number of carbonyl (C=O) groups excluding carboxylic acids is 1. The first-order valence-corrected chi connectivity index (χ1v) is 10.6. The number of aromatic nitrogens is 1. The van der Waals surface area contributed by atoms with Gasteiger partial charge in [-0.3, -0.25) is 4.79 Å². The molecule has 3 aromatic rings. The van der Waals surface area contributed by atoms with Gasteiger partial charge in [-0.1, -0.05) is 25.1 Å². The Bertz CT molecular complexity index is 1140. The lowest BCUT2D eigenvalue weighted by Gasteiger charge is -2.26. The third kappa shape index (κ3) is 4.94. The van der Waals surface area contributed by atoms with Gasteiger partial charge in [0, 0.05) is 24.2 Å². The molecule has 4 rings (SSSR count). The van der Waals surface area contributed by atoms with Gasteiger partial charge in [-0.2, -0.15) is 0 Å². The Hall–Kier alpha value is -3.19. The fourth-order valence-corrected chi connectivity index (χ4v) is 3.85. The first-order chi connectivity index (χ1) is 15.0. The number of rotatable bonds is 6. The second-order valence-electron chi connectivity index (χ2n) is 7.82. The van der Waals surface area contributed by atoms with E-state index in [2.05, 4.69) is 17.2 Å². The molecule has 0 radical (unpaired) electrons. The normalized spacial score (nSPS) is 15.9. The van der Waals surface area contributed by atoms with Crippen molar-refractivity contribution in [3.8, 4) is 0 Å². The maximum atomic E-state index is 14.0. The second-order valence-corrected chi connectivity index (χ2v) is 7.82. The number of ether oxygens (including phenoxy) is 1. The van der Waals surface area contributed by atoms with Crippen LogP contribution in [0, 0.1) is 5.82 Å². The average Bonchev–Trinajstić information content (AvgIpc) is 3.28. The number of aromatic amines is 1. The minimum atomic E-state index is -0.511. The Morgan fingerprint density at radius 2 is 2.10 bits per heavy atom. The van der Waals surface area contributed by atoms with Crippen molar-refractivity contribution in [2.24, 2.45) is 0 Å². The summed E-state index contributed by atoms with van der Waals surface area (Å²) in [6.45, 7) is 3.16. The smallest absolute Gasteiger partial charge is 0.322 e. The molecule has 6 nitrogen and oxygen atoms in total. The van der Waals surface area contributed by atoms with Crippen molar-refractivity contribution in [1.29, 1.82) is 0 Å². The van der Waals surface area contributed by atoms with Crippen LogP contribution >= 0.6 is 0 Å². The van der Waals surface area contributed by atoms with Crippen LogP contribution in [0.4, 0.5) is 14.9 Å². The summed E-state index contributed by atoms with van der Waals surface area (Å²) in [7, 11) is 0.